The molecule has 3 rings (SSSR count). The predicted molar refractivity (Wildman–Crippen MR) is 131 cm³/mol. The second-order valence-electron chi connectivity index (χ2n) is 11.2. The quantitative estimate of drug-likeness (QED) is 0.603. The van der Waals surface area contributed by atoms with E-state index in [9.17, 15) is 14.4 Å². The Labute approximate surface area is 209 Å². The van der Waals surface area contributed by atoms with Gasteiger partial charge in [0.05, 0.1) is 19.1 Å². The molecule has 2 heterocycles. The fourth-order valence-electron chi connectivity index (χ4n) is 5.54. The van der Waals surface area contributed by atoms with Crippen LogP contribution in [0.3, 0.4) is 0 Å². The molecule has 35 heavy (non-hydrogen) atoms. The van der Waals surface area contributed by atoms with Crippen LogP contribution in [0.4, 0.5) is 9.59 Å². The maximum absolute atomic E-state index is 13.5. The normalized spacial score (nSPS) is 26.2. The van der Waals surface area contributed by atoms with Crippen molar-refractivity contribution in [3.8, 4) is 0 Å². The molecule has 3 fully saturated rings. The molecule has 3 aliphatic rings. The number of urea groups is 1. The summed E-state index contributed by atoms with van der Waals surface area (Å²) >= 11 is 0. The number of hydrogen-bond acceptors (Lipinski definition) is 7. The topological polar surface area (TPSA) is 101 Å². The van der Waals surface area contributed by atoms with Crippen LogP contribution in [0, 0.1) is 11.8 Å². The third-order valence-corrected chi connectivity index (χ3v) is 7.15. The Hall–Kier alpha value is -1.91. The molecule has 1 saturated carbocycles. The van der Waals surface area contributed by atoms with Crippen molar-refractivity contribution in [1.82, 2.24) is 20.0 Å². The molecular formula is C25H44N4O6. The molecule has 0 aromatic rings. The number of fused-ring (bicyclic) bond motifs is 1. The standard InChI is InChI=1S/C25H44N4O6/c1-7-11-29(22(31)26-10-12-27(5)23(32)35-24(2,3)4)21(30)19-15-18-16-25(33-13-14-34-25)9-8-20(18)28(6)17-19/h18-20H,7-17H2,1-6H3,(H,26,31)/t18-,19-,20-/m1/s1. The first-order valence-electron chi connectivity index (χ1n) is 13.0. The van der Waals surface area contributed by atoms with Crippen molar-refractivity contribution < 1.29 is 28.6 Å². The lowest BCUT2D eigenvalue weighted by molar-refractivity contribution is -0.202. The Balaban J connectivity index is 1.56. The monoisotopic (exact) mass is 496 g/mol. The molecule has 0 aromatic heterocycles. The van der Waals surface area contributed by atoms with E-state index in [0.29, 0.717) is 44.7 Å². The zero-order valence-corrected chi connectivity index (χ0v) is 22.3. The second-order valence-corrected chi connectivity index (χ2v) is 11.2. The van der Waals surface area contributed by atoms with Crippen LogP contribution < -0.4 is 5.32 Å². The van der Waals surface area contributed by atoms with Crippen LogP contribution in [0.1, 0.15) is 59.8 Å². The van der Waals surface area contributed by atoms with Gasteiger partial charge in [-0.25, -0.2) is 9.59 Å². The molecule has 1 aliphatic carbocycles. The van der Waals surface area contributed by atoms with E-state index in [2.05, 4.69) is 17.3 Å². The fraction of sp³-hybridized carbons (Fsp3) is 0.880. The van der Waals surface area contributed by atoms with Gasteiger partial charge in [0.15, 0.2) is 5.79 Å². The number of carbonyl (C=O) groups excluding carboxylic acids is 3. The summed E-state index contributed by atoms with van der Waals surface area (Å²) in [5.74, 6) is -0.584. The molecule has 10 heteroatoms. The van der Waals surface area contributed by atoms with E-state index in [1.165, 1.54) is 9.80 Å². The van der Waals surface area contributed by atoms with Crippen molar-refractivity contribution >= 4 is 18.0 Å². The number of piperidine rings is 1. The zero-order chi connectivity index (χ0) is 25.8. The van der Waals surface area contributed by atoms with E-state index in [1.54, 1.807) is 27.8 Å². The first-order chi connectivity index (χ1) is 16.4. The third kappa shape index (κ3) is 7.07. The summed E-state index contributed by atoms with van der Waals surface area (Å²) in [6.45, 7) is 10.1. The number of nitrogens with one attached hydrogen (secondary N) is 1. The van der Waals surface area contributed by atoms with Crippen molar-refractivity contribution in [2.45, 2.75) is 77.2 Å². The number of carbonyl (C=O) groups is 3. The van der Waals surface area contributed by atoms with Crippen molar-refractivity contribution in [2.75, 3.05) is 53.5 Å². The number of likely N-dealkylation sites (N-methyl/N-ethyl adjacent to an activating group) is 1. The van der Waals surface area contributed by atoms with E-state index in [1.807, 2.05) is 6.92 Å². The minimum atomic E-state index is -0.584. The molecule has 2 saturated heterocycles. The molecule has 0 aromatic carbocycles. The van der Waals surface area contributed by atoms with Gasteiger partial charge in [0.2, 0.25) is 5.91 Å². The van der Waals surface area contributed by atoms with E-state index < -0.39 is 23.5 Å². The minimum absolute atomic E-state index is 0.136. The summed E-state index contributed by atoms with van der Waals surface area (Å²) in [4.78, 5) is 43.6. The highest BCUT2D eigenvalue weighted by molar-refractivity contribution is 5.95. The Morgan fingerprint density at radius 2 is 1.86 bits per heavy atom. The van der Waals surface area contributed by atoms with Gasteiger partial charge in [-0.2, -0.15) is 0 Å². The van der Waals surface area contributed by atoms with Crippen LogP contribution in [0.25, 0.3) is 0 Å². The number of hydrogen-bond donors (Lipinski definition) is 1. The van der Waals surface area contributed by atoms with E-state index in [4.69, 9.17) is 14.2 Å². The number of amides is 4. The molecule has 3 atom stereocenters. The molecule has 0 radical (unpaired) electrons. The molecule has 4 amide bonds. The Morgan fingerprint density at radius 1 is 1.17 bits per heavy atom. The van der Waals surface area contributed by atoms with Gasteiger partial charge in [0.25, 0.3) is 0 Å². The lowest BCUT2D eigenvalue weighted by Gasteiger charge is -2.49. The molecule has 0 bridgehead atoms. The van der Waals surface area contributed by atoms with Crippen LogP contribution in [-0.2, 0) is 19.0 Å². The molecule has 1 spiro atoms. The van der Waals surface area contributed by atoms with Crippen molar-refractivity contribution in [2.24, 2.45) is 11.8 Å². The number of likely N-dealkylation sites (tertiary alicyclic amines) is 1. The average Bonchev–Trinajstić information content (AvgIpc) is 3.22. The highest BCUT2D eigenvalue weighted by atomic mass is 16.7. The molecule has 10 nitrogen and oxygen atoms in total. The first-order valence-corrected chi connectivity index (χ1v) is 13.0. The van der Waals surface area contributed by atoms with Crippen molar-refractivity contribution in [1.29, 1.82) is 0 Å². The lowest BCUT2D eigenvalue weighted by Crippen LogP contribution is -2.57. The van der Waals surface area contributed by atoms with Crippen LogP contribution in [0.15, 0.2) is 0 Å². The number of imide groups is 1. The minimum Gasteiger partial charge on any atom is -0.444 e. The van der Waals surface area contributed by atoms with Crippen LogP contribution in [0.5, 0.6) is 0 Å². The number of ether oxygens (including phenoxy) is 3. The van der Waals surface area contributed by atoms with Crippen molar-refractivity contribution in [3.63, 3.8) is 0 Å². The highest BCUT2D eigenvalue weighted by Crippen LogP contribution is 2.45. The van der Waals surface area contributed by atoms with Gasteiger partial charge in [-0.15, -0.1) is 0 Å². The maximum atomic E-state index is 13.5. The molecule has 0 unspecified atom stereocenters. The van der Waals surface area contributed by atoms with Gasteiger partial charge >= 0.3 is 12.1 Å². The number of rotatable bonds is 6. The molecular weight excluding hydrogens is 452 g/mol. The SMILES string of the molecule is CCCN(C(=O)NCCN(C)C(=O)OC(C)(C)C)C(=O)[C@@H]1C[C@@H]2CC3(CC[C@H]2N(C)C1)OCCO3. The summed E-state index contributed by atoms with van der Waals surface area (Å²) in [6, 6.07) is -0.00360. The van der Waals surface area contributed by atoms with Gasteiger partial charge in [-0.05, 0) is 53.0 Å². The molecule has 200 valence electrons. The number of nitrogens with zero attached hydrogens (tertiary/aromatic N) is 3. The lowest BCUT2D eigenvalue weighted by atomic mass is 9.72. The summed E-state index contributed by atoms with van der Waals surface area (Å²) in [7, 11) is 3.69. The molecule has 2 aliphatic heterocycles. The van der Waals surface area contributed by atoms with Gasteiger partial charge in [0.1, 0.15) is 5.60 Å². The van der Waals surface area contributed by atoms with Gasteiger partial charge in [0, 0.05) is 52.1 Å². The Kier molecular flexibility index (Phi) is 9.04. The van der Waals surface area contributed by atoms with Gasteiger partial charge in [-0.1, -0.05) is 6.92 Å². The summed E-state index contributed by atoms with van der Waals surface area (Å²) in [6.07, 6.45) is 3.63. The summed E-state index contributed by atoms with van der Waals surface area (Å²) < 4.78 is 17.2. The van der Waals surface area contributed by atoms with Crippen LogP contribution in [0.2, 0.25) is 0 Å². The Morgan fingerprint density at radius 3 is 2.49 bits per heavy atom. The Bertz CT molecular complexity index is 764. The average molecular weight is 497 g/mol. The first kappa shape index (κ1) is 27.7. The van der Waals surface area contributed by atoms with Crippen molar-refractivity contribution in [3.05, 3.63) is 0 Å². The predicted octanol–water partition coefficient (Wildman–Crippen LogP) is 2.67. The van der Waals surface area contributed by atoms with Crippen LogP contribution in [-0.4, -0.2) is 104 Å². The van der Waals surface area contributed by atoms with E-state index in [0.717, 1.165) is 25.7 Å². The second kappa shape index (κ2) is 11.4. The van der Waals surface area contributed by atoms with E-state index in [-0.39, 0.29) is 24.9 Å². The largest absolute Gasteiger partial charge is 0.444 e. The molecule has 1 N–H and O–H groups in total. The summed E-state index contributed by atoms with van der Waals surface area (Å²) in [5.41, 5.74) is -0.584. The smallest absolute Gasteiger partial charge is 0.410 e. The zero-order valence-electron chi connectivity index (χ0n) is 22.3. The van der Waals surface area contributed by atoms with Crippen LogP contribution >= 0.6 is 0 Å². The fourth-order valence-corrected chi connectivity index (χ4v) is 5.54. The van der Waals surface area contributed by atoms with E-state index >= 15 is 0 Å². The van der Waals surface area contributed by atoms with Gasteiger partial charge in [-0.3, -0.25) is 9.69 Å². The van der Waals surface area contributed by atoms with Gasteiger partial charge < -0.3 is 29.3 Å². The third-order valence-electron chi connectivity index (χ3n) is 7.15. The highest BCUT2D eigenvalue weighted by Gasteiger charge is 2.49. The summed E-state index contributed by atoms with van der Waals surface area (Å²) in [5, 5.41) is 2.81. The maximum Gasteiger partial charge on any atom is 0.410 e.